The topological polar surface area (TPSA) is 49.9 Å². The monoisotopic (exact) mass is 302 g/mol. The third-order valence-electron chi connectivity index (χ3n) is 3.72. The van der Waals surface area contributed by atoms with E-state index in [2.05, 4.69) is 11.5 Å². The molecule has 118 valence electrons. The number of piperazine rings is 1. The van der Waals surface area contributed by atoms with E-state index in [4.69, 9.17) is 4.74 Å². The Bertz CT molecular complexity index is 531. The Kier molecular flexibility index (Phi) is 5.58. The normalized spacial score (nSPS) is 14.6. The van der Waals surface area contributed by atoms with E-state index in [9.17, 15) is 9.59 Å². The zero-order chi connectivity index (χ0) is 15.9. The van der Waals surface area contributed by atoms with Crippen molar-refractivity contribution in [1.82, 2.24) is 4.90 Å². The number of carbonyl (C=O) groups is 2. The summed E-state index contributed by atoms with van der Waals surface area (Å²) >= 11 is 0. The fraction of sp³-hybridized carbons (Fsp3) is 0.412. The Balaban J connectivity index is 1.85. The van der Waals surface area contributed by atoms with Gasteiger partial charge in [-0.3, -0.25) is 4.79 Å². The van der Waals surface area contributed by atoms with Crippen molar-refractivity contribution < 1.29 is 14.3 Å². The van der Waals surface area contributed by atoms with E-state index in [0.717, 1.165) is 18.8 Å². The number of nitrogens with zero attached hydrogens (tertiary/aromatic N) is 2. The van der Waals surface area contributed by atoms with Crippen molar-refractivity contribution in [3.05, 3.63) is 42.5 Å². The number of anilines is 1. The van der Waals surface area contributed by atoms with E-state index in [1.54, 1.807) is 17.9 Å². The van der Waals surface area contributed by atoms with Gasteiger partial charge in [0.2, 0.25) is 0 Å². The molecule has 1 aromatic rings. The minimum atomic E-state index is -0.256. The van der Waals surface area contributed by atoms with Gasteiger partial charge in [-0.15, -0.1) is 6.58 Å². The van der Waals surface area contributed by atoms with Gasteiger partial charge in [-0.1, -0.05) is 6.08 Å². The van der Waals surface area contributed by atoms with Crippen molar-refractivity contribution in [2.75, 3.05) is 37.7 Å². The summed E-state index contributed by atoms with van der Waals surface area (Å²) in [6, 6.07) is 7.59. The Morgan fingerprint density at radius 2 is 1.82 bits per heavy atom. The minimum absolute atomic E-state index is 0.0682. The first-order valence-corrected chi connectivity index (χ1v) is 7.50. The van der Waals surface area contributed by atoms with Gasteiger partial charge in [0.25, 0.3) is 0 Å². The first-order valence-electron chi connectivity index (χ1n) is 7.50. The average molecular weight is 302 g/mol. The van der Waals surface area contributed by atoms with Crippen LogP contribution in [0.4, 0.5) is 10.5 Å². The van der Waals surface area contributed by atoms with E-state index < -0.39 is 0 Å². The second-order valence-corrected chi connectivity index (χ2v) is 5.27. The van der Waals surface area contributed by atoms with Crippen LogP contribution in [0.15, 0.2) is 36.9 Å². The van der Waals surface area contributed by atoms with Crippen LogP contribution in [0, 0.1) is 0 Å². The van der Waals surface area contributed by atoms with E-state index in [1.807, 2.05) is 24.3 Å². The van der Waals surface area contributed by atoms with Gasteiger partial charge >= 0.3 is 6.09 Å². The molecule has 0 saturated carbocycles. The van der Waals surface area contributed by atoms with E-state index in [-0.39, 0.29) is 11.9 Å². The minimum Gasteiger partial charge on any atom is -0.449 e. The molecule has 0 spiro atoms. The van der Waals surface area contributed by atoms with Crippen LogP contribution in [0.2, 0.25) is 0 Å². The molecule has 0 bridgehead atoms. The lowest BCUT2D eigenvalue weighted by atomic mass is 10.1. The third kappa shape index (κ3) is 4.10. The summed E-state index contributed by atoms with van der Waals surface area (Å²) in [4.78, 5) is 27.1. The lowest BCUT2D eigenvalue weighted by Crippen LogP contribution is -2.49. The van der Waals surface area contributed by atoms with Crippen molar-refractivity contribution in [3.63, 3.8) is 0 Å². The zero-order valence-electron chi connectivity index (χ0n) is 13.0. The number of Topliss-reactive ketones (excluding diaryl/α,β-unsaturated/α-hetero) is 1. The third-order valence-corrected chi connectivity index (χ3v) is 3.72. The number of amides is 1. The molecule has 0 radical (unpaired) electrons. The zero-order valence-corrected chi connectivity index (χ0v) is 13.0. The molecule has 1 heterocycles. The van der Waals surface area contributed by atoms with Crippen molar-refractivity contribution >= 4 is 17.6 Å². The number of rotatable bonds is 5. The van der Waals surface area contributed by atoms with Crippen LogP contribution in [-0.4, -0.2) is 49.6 Å². The summed E-state index contributed by atoms with van der Waals surface area (Å²) in [7, 11) is 0. The summed E-state index contributed by atoms with van der Waals surface area (Å²) < 4.78 is 5.16. The van der Waals surface area contributed by atoms with Crippen LogP contribution in [0.25, 0.3) is 0 Å². The highest BCUT2D eigenvalue weighted by molar-refractivity contribution is 5.94. The molecule has 5 heteroatoms. The smallest absolute Gasteiger partial charge is 0.409 e. The van der Waals surface area contributed by atoms with Gasteiger partial charge in [-0.25, -0.2) is 4.79 Å². The molecule has 0 atom stereocenters. The highest BCUT2D eigenvalue weighted by atomic mass is 16.6. The second kappa shape index (κ2) is 7.64. The van der Waals surface area contributed by atoms with Crippen LogP contribution >= 0.6 is 0 Å². The van der Waals surface area contributed by atoms with Crippen molar-refractivity contribution in [3.8, 4) is 0 Å². The maximum atomic E-state index is 11.8. The fourth-order valence-corrected chi connectivity index (χ4v) is 2.38. The number of benzene rings is 1. The Morgan fingerprint density at radius 3 is 2.36 bits per heavy atom. The molecule has 2 rings (SSSR count). The lowest BCUT2D eigenvalue weighted by Gasteiger charge is -2.35. The number of hydrogen-bond acceptors (Lipinski definition) is 4. The van der Waals surface area contributed by atoms with Crippen LogP contribution < -0.4 is 4.90 Å². The molecule has 1 aliphatic heterocycles. The van der Waals surface area contributed by atoms with Crippen molar-refractivity contribution in [2.24, 2.45) is 0 Å². The van der Waals surface area contributed by atoms with Gasteiger partial charge < -0.3 is 14.5 Å². The van der Waals surface area contributed by atoms with Crippen LogP contribution in [-0.2, 0) is 4.74 Å². The molecular formula is C17H22N2O3. The van der Waals surface area contributed by atoms with E-state index >= 15 is 0 Å². The molecule has 22 heavy (non-hydrogen) atoms. The van der Waals surface area contributed by atoms with Crippen molar-refractivity contribution in [2.45, 2.75) is 13.3 Å². The standard InChI is InChI=1S/C17H22N2O3/c1-3-4-13-22-17(21)19-11-9-18(10-12-19)16-7-5-15(6-8-16)14(2)20/h3,5-8H,1,4,9-13H2,2H3. The van der Waals surface area contributed by atoms with E-state index in [1.165, 1.54) is 0 Å². The number of ether oxygens (including phenoxy) is 1. The summed E-state index contributed by atoms with van der Waals surface area (Å²) in [6.07, 6.45) is 2.15. The Hall–Kier alpha value is -2.30. The number of carbonyl (C=O) groups excluding carboxylic acids is 2. The maximum Gasteiger partial charge on any atom is 0.409 e. The van der Waals surface area contributed by atoms with Gasteiger partial charge in [0.1, 0.15) is 0 Å². The molecular weight excluding hydrogens is 280 g/mol. The van der Waals surface area contributed by atoms with E-state index in [0.29, 0.717) is 31.7 Å². The molecule has 0 N–H and O–H groups in total. The van der Waals surface area contributed by atoms with Gasteiger partial charge in [0.15, 0.2) is 5.78 Å². The quantitative estimate of drug-likeness (QED) is 0.477. The molecule has 0 aromatic heterocycles. The lowest BCUT2D eigenvalue weighted by molar-refractivity contribution is 0.101. The molecule has 1 amide bonds. The maximum absolute atomic E-state index is 11.8. The first-order chi connectivity index (χ1) is 10.6. The van der Waals surface area contributed by atoms with Crippen molar-refractivity contribution in [1.29, 1.82) is 0 Å². The molecule has 1 aliphatic rings. The summed E-state index contributed by atoms with van der Waals surface area (Å²) in [5.41, 5.74) is 1.79. The number of ketones is 1. The molecule has 0 aliphatic carbocycles. The fourth-order valence-electron chi connectivity index (χ4n) is 2.38. The first kappa shape index (κ1) is 16.1. The summed E-state index contributed by atoms with van der Waals surface area (Å²) in [5, 5.41) is 0. The molecule has 1 saturated heterocycles. The average Bonchev–Trinajstić information content (AvgIpc) is 2.55. The van der Waals surface area contributed by atoms with Gasteiger partial charge in [-0.05, 0) is 37.6 Å². The summed E-state index contributed by atoms with van der Waals surface area (Å²) in [5.74, 6) is 0.0682. The van der Waals surface area contributed by atoms with Crippen LogP contribution in [0.3, 0.4) is 0 Å². The van der Waals surface area contributed by atoms with Gasteiger partial charge in [0.05, 0.1) is 6.61 Å². The SMILES string of the molecule is C=CCCOC(=O)N1CCN(c2ccc(C(C)=O)cc2)CC1. The predicted octanol–water partition coefficient (Wildman–Crippen LogP) is 2.72. The number of hydrogen-bond donors (Lipinski definition) is 0. The van der Waals surface area contributed by atoms with Gasteiger partial charge in [0, 0.05) is 37.4 Å². The van der Waals surface area contributed by atoms with Gasteiger partial charge in [-0.2, -0.15) is 0 Å². The highest BCUT2D eigenvalue weighted by Crippen LogP contribution is 2.18. The molecule has 0 unspecified atom stereocenters. The Labute approximate surface area is 131 Å². The van der Waals surface area contributed by atoms with Crippen LogP contribution in [0.5, 0.6) is 0 Å². The second-order valence-electron chi connectivity index (χ2n) is 5.27. The largest absolute Gasteiger partial charge is 0.449 e. The summed E-state index contributed by atoms with van der Waals surface area (Å²) in [6.45, 7) is 8.34. The highest BCUT2D eigenvalue weighted by Gasteiger charge is 2.22. The van der Waals surface area contributed by atoms with Crippen LogP contribution in [0.1, 0.15) is 23.7 Å². The molecule has 5 nitrogen and oxygen atoms in total. The molecule has 1 fully saturated rings. The Morgan fingerprint density at radius 1 is 1.18 bits per heavy atom. The predicted molar refractivity (Wildman–Crippen MR) is 86.4 cm³/mol. The molecule has 1 aromatic carbocycles.